The number of aryl methyl sites for hydroxylation is 1. The average molecular weight is 348 g/mol. The van der Waals surface area contributed by atoms with Crippen molar-refractivity contribution in [2.75, 3.05) is 11.9 Å². The molecule has 5 heteroatoms. The molecule has 0 bridgehead atoms. The predicted molar refractivity (Wildman–Crippen MR) is 88.4 cm³/mol. The number of benzene rings is 1. The lowest BCUT2D eigenvalue weighted by Gasteiger charge is -2.09. The van der Waals surface area contributed by atoms with Crippen molar-refractivity contribution in [2.45, 2.75) is 20.4 Å². The van der Waals surface area contributed by atoms with Gasteiger partial charge in [0, 0.05) is 28.8 Å². The lowest BCUT2D eigenvalue weighted by molar-refractivity contribution is 0.0955. The van der Waals surface area contributed by atoms with Crippen LogP contribution in [0.1, 0.15) is 28.5 Å². The fourth-order valence-electron chi connectivity index (χ4n) is 1.99. The Labute approximate surface area is 133 Å². The highest BCUT2D eigenvalue weighted by atomic mass is 79.9. The average Bonchev–Trinajstić information content (AvgIpc) is 2.45. The predicted octanol–water partition coefficient (Wildman–Crippen LogP) is 3.51. The highest BCUT2D eigenvalue weighted by Crippen LogP contribution is 2.16. The van der Waals surface area contributed by atoms with Gasteiger partial charge in [-0.25, -0.2) is 4.98 Å². The van der Waals surface area contributed by atoms with Gasteiger partial charge in [0.15, 0.2) is 0 Å². The fraction of sp³-hybridized carbons (Fsp3) is 0.250. The Kier molecular flexibility index (Phi) is 5.33. The van der Waals surface area contributed by atoms with E-state index in [1.54, 1.807) is 0 Å². The zero-order valence-electron chi connectivity index (χ0n) is 12.1. The van der Waals surface area contributed by atoms with E-state index in [1.807, 2.05) is 50.2 Å². The summed E-state index contributed by atoms with van der Waals surface area (Å²) in [6, 6.07) is 11.5. The van der Waals surface area contributed by atoms with Gasteiger partial charge in [0.25, 0.3) is 5.91 Å². The Morgan fingerprint density at radius 1 is 1.29 bits per heavy atom. The molecule has 1 heterocycles. The zero-order valence-corrected chi connectivity index (χ0v) is 13.7. The molecule has 0 atom stereocenters. The van der Waals surface area contributed by atoms with Crippen LogP contribution in [-0.2, 0) is 6.54 Å². The van der Waals surface area contributed by atoms with Gasteiger partial charge in [-0.1, -0.05) is 28.1 Å². The highest BCUT2D eigenvalue weighted by Gasteiger charge is 2.05. The first-order valence-electron chi connectivity index (χ1n) is 6.83. The molecule has 2 rings (SSSR count). The molecule has 0 radical (unpaired) electrons. The van der Waals surface area contributed by atoms with Crippen molar-refractivity contribution in [1.82, 2.24) is 10.3 Å². The third-order valence-electron chi connectivity index (χ3n) is 2.92. The zero-order chi connectivity index (χ0) is 15.2. The third-order valence-corrected chi connectivity index (χ3v) is 3.38. The van der Waals surface area contributed by atoms with Gasteiger partial charge in [0.1, 0.15) is 5.82 Å². The molecule has 0 saturated heterocycles. The first-order valence-corrected chi connectivity index (χ1v) is 7.63. The van der Waals surface area contributed by atoms with Crippen molar-refractivity contribution >= 4 is 27.7 Å². The number of pyridine rings is 1. The molecule has 110 valence electrons. The van der Waals surface area contributed by atoms with Crippen LogP contribution in [0.5, 0.6) is 0 Å². The van der Waals surface area contributed by atoms with Gasteiger partial charge in [-0.2, -0.15) is 0 Å². The number of carbonyl (C=O) groups excluding carboxylic acids is 1. The summed E-state index contributed by atoms with van der Waals surface area (Å²) in [5, 5.41) is 6.07. The van der Waals surface area contributed by atoms with E-state index in [9.17, 15) is 4.79 Å². The van der Waals surface area contributed by atoms with Crippen molar-refractivity contribution in [3.63, 3.8) is 0 Å². The van der Waals surface area contributed by atoms with Gasteiger partial charge < -0.3 is 10.6 Å². The van der Waals surface area contributed by atoms with E-state index < -0.39 is 0 Å². The number of anilines is 1. The van der Waals surface area contributed by atoms with Crippen LogP contribution in [0.2, 0.25) is 0 Å². The molecule has 1 aromatic heterocycles. The summed E-state index contributed by atoms with van der Waals surface area (Å²) < 4.78 is 0.994. The number of nitrogens with zero attached hydrogens (tertiary/aromatic N) is 1. The second-order valence-electron chi connectivity index (χ2n) is 4.73. The monoisotopic (exact) mass is 347 g/mol. The van der Waals surface area contributed by atoms with Crippen molar-refractivity contribution in [3.05, 3.63) is 57.7 Å². The van der Waals surface area contributed by atoms with Gasteiger partial charge in [-0.15, -0.1) is 0 Å². The van der Waals surface area contributed by atoms with E-state index in [2.05, 4.69) is 31.5 Å². The quantitative estimate of drug-likeness (QED) is 0.869. The van der Waals surface area contributed by atoms with Crippen LogP contribution in [0.3, 0.4) is 0 Å². The molecule has 0 aliphatic rings. The Bertz CT molecular complexity index is 623. The van der Waals surface area contributed by atoms with Crippen LogP contribution in [-0.4, -0.2) is 17.4 Å². The first-order chi connectivity index (χ1) is 10.1. The number of carbonyl (C=O) groups is 1. The molecule has 0 unspecified atom stereocenters. The van der Waals surface area contributed by atoms with Gasteiger partial charge in [-0.05, 0) is 43.7 Å². The maximum Gasteiger partial charge on any atom is 0.251 e. The lowest BCUT2D eigenvalue weighted by atomic mass is 10.1. The number of rotatable bonds is 5. The van der Waals surface area contributed by atoms with Crippen molar-refractivity contribution in [1.29, 1.82) is 0 Å². The van der Waals surface area contributed by atoms with Crippen LogP contribution in [0.25, 0.3) is 0 Å². The molecule has 0 aliphatic heterocycles. The summed E-state index contributed by atoms with van der Waals surface area (Å²) in [4.78, 5) is 16.2. The highest BCUT2D eigenvalue weighted by molar-refractivity contribution is 9.10. The normalized spacial score (nSPS) is 10.2. The van der Waals surface area contributed by atoms with Crippen molar-refractivity contribution in [2.24, 2.45) is 0 Å². The van der Waals surface area contributed by atoms with Crippen LogP contribution >= 0.6 is 15.9 Å². The molecule has 2 N–H and O–H groups in total. The summed E-state index contributed by atoms with van der Waals surface area (Å²) in [7, 11) is 0. The van der Waals surface area contributed by atoms with Gasteiger partial charge >= 0.3 is 0 Å². The molecule has 0 spiro atoms. The van der Waals surface area contributed by atoms with Crippen molar-refractivity contribution in [3.8, 4) is 0 Å². The Morgan fingerprint density at radius 2 is 2.10 bits per heavy atom. The second-order valence-corrected chi connectivity index (χ2v) is 5.64. The second kappa shape index (κ2) is 7.22. The van der Waals surface area contributed by atoms with E-state index in [0.29, 0.717) is 18.7 Å². The SMILES string of the molecule is CCNC(=O)c1cccc(CNc2cc(Br)cc(C)n2)c1. The van der Waals surface area contributed by atoms with Gasteiger partial charge in [0.2, 0.25) is 0 Å². The molecule has 21 heavy (non-hydrogen) atoms. The number of hydrogen-bond donors (Lipinski definition) is 2. The molecule has 1 amide bonds. The van der Waals surface area contributed by atoms with E-state index in [0.717, 1.165) is 21.5 Å². The largest absolute Gasteiger partial charge is 0.366 e. The summed E-state index contributed by atoms with van der Waals surface area (Å²) in [5.74, 6) is 0.765. The Morgan fingerprint density at radius 3 is 2.81 bits per heavy atom. The third kappa shape index (κ3) is 4.56. The van der Waals surface area contributed by atoms with E-state index in [1.165, 1.54) is 0 Å². The maximum absolute atomic E-state index is 11.8. The van der Waals surface area contributed by atoms with Gasteiger partial charge in [-0.3, -0.25) is 4.79 Å². The number of halogens is 1. The standard InChI is InChI=1S/C16H18BrN3O/c1-3-18-16(21)13-6-4-5-12(8-13)10-19-15-9-14(17)7-11(2)20-15/h4-9H,3,10H2,1-2H3,(H,18,21)(H,19,20). The molecule has 0 aliphatic carbocycles. The van der Waals surface area contributed by atoms with E-state index in [-0.39, 0.29) is 5.91 Å². The van der Waals surface area contributed by atoms with Crippen LogP contribution < -0.4 is 10.6 Å². The summed E-state index contributed by atoms with van der Waals surface area (Å²) in [6.07, 6.45) is 0. The minimum Gasteiger partial charge on any atom is -0.366 e. The number of nitrogens with one attached hydrogen (secondary N) is 2. The molecule has 2 aromatic rings. The molecular weight excluding hydrogens is 330 g/mol. The van der Waals surface area contributed by atoms with Gasteiger partial charge in [0.05, 0.1) is 0 Å². The summed E-state index contributed by atoms with van der Waals surface area (Å²) in [6.45, 7) is 5.11. The van der Waals surface area contributed by atoms with Crippen LogP contribution in [0.4, 0.5) is 5.82 Å². The first kappa shape index (κ1) is 15.5. The minimum atomic E-state index is -0.0456. The fourth-order valence-corrected chi connectivity index (χ4v) is 2.54. The number of amides is 1. The number of hydrogen-bond acceptors (Lipinski definition) is 3. The number of aromatic nitrogens is 1. The summed E-state index contributed by atoms with van der Waals surface area (Å²) in [5.41, 5.74) is 2.66. The van der Waals surface area contributed by atoms with E-state index in [4.69, 9.17) is 0 Å². The van der Waals surface area contributed by atoms with Crippen molar-refractivity contribution < 1.29 is 4.79 Å². The molecular formula is C16H18BrN3O. The topological polar surface area (TPSA) is 54.0 Å². The minimum absolute atomic E-state index is 0.0456. The molecule has 0 fully saturated rings. The van der Waals surface area contributed by atoms with Crippen LogP contribution in [0, 0.1) is 6.92 Å². The summed E-state index contributed by atoms with van der Waals surface area (Å²) >= 11 is 3.45. The Hall–Kier alpha value is -1.88. The maximum atomic E-state index is 11.8. The van der Waals surface area contributed by atoms with E-state index >= 15 is 0 Å². The Balaban J connectivity index is 2.06. The van der Waals surface area contributed by atoms with Crippen LogP contribution in [0.15, 0.2) is 40.9 Å². The lowest BCUT2D eigenvalue weighted by Crippen LogP contribution is -2.22. The molecule has 4 nitrogen and oxygen atoms in total. The molecule has 1 aromatic carbocycles. The smallest absolute Gasteiger partial charge is 0.251 e. The molecule has 0 saturated carbocycles.